The first-order chi connectivity index (χ1) is 12.0. The maximum Gasteiger partial charge on any atom is 0.170 e. The molecular formula is C17H25N3O4S. The number of nitrogens with one attached hydrogen (secondary N) is 2. The van der Waals surface area contributed by atoms with Gasteiger partial charge in [-0.1, -0.05) is 0 Å². The number of hydrogen-bond acceptors (Lipinski definition) is 6. The summed E-state index contributed by atoms with van der Waals surface area (Å²) >= 11 is 5.30. The Morgan fingerprint density at radius 1 is 1.24 bits per heavy atom. The molecule has 1 aromatic carbocycles. The first kappa shape index (κ1) is 18.3. The lowest BCUT2D eigenvalue weighted by Gasteiger charge is -2.37. The number of hydrogen-bond donors (Lipinski definition) is 5. The quantitative estimate of drug-likeness (QED) is 0.471. The average molecular weight is 367 g/mol. The van der Waals surface area contributed by atoms with Gasteiger partial charge in [0.25, 0.3) is 0 Å². The maximum atomic E-state index is 10.3. The second kappa shape index (κ2) is 7.84. The number of aliphatic hydroxyl groups is 3. The smallest absolute Gasteiger partial charge is 0.170 e. The molecule has 138 valence electrons. The van der Waals surface area contributed by atoms with E-state index < -0.39 is 24.4 Å². The van der Waals surface area contributed by atoms with Crippen LogP contribution in [0.4, 0.5) is 5.69 Å². The van der Waals surface area contributed by atoms with Gasteiger partial charge in [-0.3, -0.25) is 4.90 Å². The molecule has 0 bridgehead atoms. The Bertz CT molecular complexity index is 600. The number of thiocarbonyl (C=S) groups is 1. The van der Waals surface area contributed by atoms with Gasteiger partial charge in [-0.15, -0.1) is 0 Å². The minimum atomic E-state index is -0.940. The summed E-state index contributed by atoms with van der Waals surface area (Å²) in [4.78, 5) is 1.99. The van der Waals surface area contributed by atoms with Crippen molar-refractivity contribution >= 4 is 23.0 Å². The zero-order chi connectivity index (χ0) is 18.0. The molecular weight excluding hydrogens is 342 g/mol. The Hall–Kier alpha value is -1.45. The molecule has 7 nitrogen and oxygen atoms in total. The molecule has 0 saturated carbocycles. The molecule has 0 amide bonds. The Morgan fingerprint density at radius 2 is 1.96 bits per heavy atom. The fourth-order valence-electron chi connectivity index (χ4n) is 3.75. The van der Waals surface area contributed by atoms with Crippen molar-refractivity contribution in [2.24, 2.45) is 0 Å². The van der Waals surface area contributed by atoms with Gasteiger partial charge in [0, 0.05) is 12.2 Å². The van der Waals surface area contributed by atoms with Crippen LogP contribution in [0.1, 0.15) is 12.8 Å². The highest BCUT2D eigenvalue weighted by molar-refractivity contribution is 7.80. The van der Waals surface area contributed by atoms with Gasteiger partial charge in [0.2, 0.25) is 0 Å². The predicted octanol–water partition coefficient (Wildman–Crippen LogP) is -0.0891. The fourth-order valence-corrected chi connectivity index (χ4v) is 3.95. The van der Waals surface area contributed by atoms with E-state index in [1.165, 1.54) is 0 Å². The molecule has 3 rings (SSSR count). The SMILES string of the molecule is COc1ccc(NC(=S)NC[C@@H]2[C@@H](O)[C@@H](O)[C@H]3[C@H](O)CCCN32)cc1. The lowest BCUT2D eigenvalue weighted by Crippen LogP contribution is -2.52. The summed E-state index contributed by atoms with van der Waals surface area (Å²) in [5.74, 6) is 0.766. The van der Waals surface area contributed by atoms with E-state index in [4.69, 9.17) is 17.0 Å². The van der Waals surface area contributed by atoms with E-state index in [0.29, 0.717) is 18.1 Å². The monoisotopic (exact) mass is 367 g/mol. The van der Waals surface area contributed by atoms with Gasteiger partial charge < -0.3 is 30.7 Å². The van der Waals surface area contributed by atoms with E-state index in [2.05, 4.69) is 10.6 Å². The van der Waals surface area contributed by atoms with Crippen molar-refractivity contribution in [1.82, 2.24) is 10.2 Å². The number of piperidine rings is 1. The first-order valence-electron chi connectivity index (χ1n) is 8.50. The molecule has 5 atom stereocenters. The normalized spacial score (nSPS) is 32.1. The third-order valence-electron chi connectivity index (χ3n) is 5.03. The molecule has 0 spiro atoms. The second-order valence-corrected chi connectivity index (χ2v) is 6.96. The third kappa shape index (κ3) is 3.88. The lowest BCUT2D eigenvalue weighted by atomic mass is 9.97. The molecule has 0 aliphatic carbocycles. The molecule has 2 aliphatic heterocycles. The molecule has 2 fully saturated rings. The Balaban J connectivity index is 1.55. The van der Waals surface area contributed by atoms with Crippen LogP contribution in [0.25, 0.3) is 0 Å². The predicted molar refractivity (Wildman–Crippen MR) is 98.8 cm³/mol. The number of benzene rings is 1. The number of nitrogens with zero attached hydrogens (tertiary/aromatic N) is 1. The molecule has 2 aliphatic rings. The fraction of sp³-hybridized carbons (Fsp3) is 0.588. The van der Waals surface area contributed by atoms with Crippen molar-refractivity contribution in [1.29, 1.82) is 0 Å². The molecule has 2 saturated heterocycles. The number of rotatable bonds is 4. The molecule has 5 N–H and O–H groups in total. The Morgan fingerprint density at radius 3 is 2.64 bits per heavy atom. The summed E-state index contributed by atoms with van der Waals surface area (Å²) < 4.78 is 5.12. The Labute approximate surface area is 152 Å². The van der Waals surface area contributed by atoms with Crippen molar-refractivity contribution in [2.45, 2.75) is 43.2 Å². The van der Waals surface area contributed by atoms with Crippen molar-refractivity contribution in [3.8, 4) is 5.75 Å². The van der Waals surface area contributed by atoms with Gasteiger partial charge in [0.1, 0.15) is 5.75 Å². The topological polar surface area (TPSA) is 97.2 Å². The zero-order valence-electron chi connectivity index (χ0n) is 14.1. The molecule has 0 unspecified atom stereocenters. The Kier molecular flexibility index (Phi) is 5.75. The van der Waals surface area contributed by atoms with Crippen molar-refractivity contribution in [2.75, 3.05) is 25.5 Å². The van der Waals surface area contributed by atoms with Crippen LogP contribution in [-0.4, -0.2) is 75.9 Å². The van der Waals surface area contributed by atoms with Crippen molar-refractivity contribution in [3.05, 3.63) is 24.3 Å². The third-order valence-corrected chi connectivity index (χ3v) is 5.28. The number of anilines is 1. The van der Waals surface area contributed by atoms with E-state index in [9.17, 15) is 15.3 Å². The first-order valence-corrected chi connectivity index (χ1v) is 8.91. The summed E-state index contributed by atoms with van der Waals surface area (Å²) in [7, 11) is 1.61. The van der Waals surface area contributed by atoms with Crippen LogP contribution < -0.4 is 15.4 Å². The molecule has 8 heteroatoms. The molecule has 1 aromatic rings. The highest BCUT2D eigenvalue weighted by Crippen LogP contribution is 2.32. The number of ether oxygens (including phenoxy) is 1. The summed E-state index contributed by atoms with van der Waals surface area (Å²) in [5, 5.41) is 37.3. The van der Waals surface area contributed by atoms with Gasteiger partial charge in [-0.05, 0) is 55.9 Å². The van der Waals surface area contributed by atoms with Crippen molar-refractivity contribution < 1.29 is 20.1 Å². The molecule has 0 radical (unpaired) electrons. The molecule has 25 heavy (non-hydrogen) atoms. The minimum Gasteiger partial charge on any atom is -0.497 e. The lowest BCUT2D eigenvalue weighted by molar-refractivity contribution is -0.0291. The van der Waals surface area contributed by atoms with Crippen LogP contribution in [0, 0.1) is 0 Å². The van der Waals surface area contributed by atoms with Crippen molar-refractivity contribution in [3.63, 3.8) is 0 Å². The summed E-state index contributed by atoms with van der Waals surface area (Å²) in [6.07, 6.45) is -0.947. The van der Waals surface area contributed by atoms with Crippen LogP contribution in [0.15, 0.2) is 24.3 Å². The van der Waals surface area contributed by atoms with E-state index >= 15 is 0 Å². The van der Waals surface area contributed by atoms with Crippen LogP contribution in [-0.2, 0) is 0 Å². The van der Waals surface area contributed by atoms with Gasteiger partial charge in [0.05, 0.1) is 37.5 Å². The standard InChI is InChI=1S/C17H25N3O4S/c1-24-11-6-4-10(5-7-11)19-17(25)18-9-12-15(22)16(23)14-13(21)3-2-8-20(12)14/h4-7,12-16,21-23H,2-3,8-9H2,1H3,(H2,18,19,25)/t12-,13-,14-,15-,16+/m1/s1. The molecule has 2 heterocycles. The zero-order valence-corrected chi connectivity index (χ0v) is 14.9. The summed E-state index contributed by atoms with van der Waals surface area (Å²) in [6.45, 7) is 1.14. The number of fused-ring (bicyclic) bond motifs is 1. The number of aliphatic hydroxyl groups excluding tert-OH is 3. The van der Waals surface area contributed by atoms with E-state index in [-0.39, 0.29) is 6.04 Å². The summed E-state index contributed by atoms with van der Waals surface area (Å²) in [5.41, 5.74) is 0.830. The van der Waals surface area contributed by atoms with Gasteiger partial charge >= 0.3 is 0 Å². The van der Waals surface area contributed by atoms with Crippen LogP contribution >= 0.6 is 12.2 Å². The van der Waals surface area contributed by atoms with E-state index in [1.54, 1.807) is 7.11 Å². The molecule has 0 aromatic heterocycles. The van der Waals surface area contributed by atoms with Crippen LogP contribution in [0.5, 0.6) is 5.75 Å². The van der Waals surface area contributed by atoms with Gasteiger partial charge in [-0.2, -0.15) is 0 Å². The van der Waals surface area contributed by atoms with Gasteiger partial charge in [-0.25, -0.2) is 0 Å². The van der Waals surface area contributed by atoms with Crippen LogP contribution in [0.3, 0.4) is 0 Å². The highest BCUT2D eigenvalue weighted by Gasteiger charge is 2.51. The minimum absolute atomic E-state index is 0.287. The summed E-state index contributed by atoms with van der Waals surface area (Å²) in [6, 6.07) is 6.70. The van der Waals surface area contributed by atoms with Crippen LogP contribution in [0.2, 0.25) is 0 Å². The second-order valence-electron chi connectivity index (χ2n) is 6.55. The average Bonchev–Trinajstić information content (AvgIpc) is 2.86. The highest BCUT2D eigenvalue weighted by atomic mass is 32.1. The van der Waals surface area contributed by atoms with E-state index in [0.717, 1.165) is 24.4 Å². The largest absolute Gasteiger partial charge is 0.497 e. The number of methoxy groups -OCH3 is 1. The van der Waals surface area contributed by atoms with Gasteiger partial charge in [0.15, 0.2) is 5.11 Å². The maximum absolute atomic E-state index is 10.3. The van der Waals surface area contributed by atoms with E-state index in [1.807, 2.05) is 29.2 Å².